The van der Waals surface area contributed by atoms with E-state index in [2.05, 4.69) is 16.6 Å². The highest BCUT2D eigenvalue weighted by Gasteiger charge is 1.94. The first kappa shape index (κ1) is 11.6. The summed E-state index contributed by atoms with van der Waals surface area (Å²) in [5, 5.41) is 0. The van der Waals surface area contributed by atoms with Crippen LogP contribution in [0.15, 0.2) is 46.2 Å². The second-order valence-electron chi connectivity index (χ2n) is 2.26. The minimum absolute atomic E-state index is 0.693. The maximum absolute atomic E-state index is 4.14. The molecule has 0 N–H and O–H groups in total. The Morgan fingerprint density at radius 2 is 1.62 bits per heavy atom. The molecule has 0 aromatic rings. The van der Waals surface area contributed by atoms with Crippen LogP contribution in [0.2, 0.25) is 0 Å². The van der Waals surface area contributed by atoms with Gasteiger partial charge in [-0.1, -0.05) is 24.8 Å². The molecule has 0 saturated carbocycles. The molecule has 0 bridgehead atoms. The summed E-state index contributed by atoms with van der Waals surface area (Å²) >= 11 is 0. The number of hydrogen-bond donors (Lipinski definition) is 0. The fourth-order valence-electron chi connectivity index (χ4n) is 0.840. The fourth-order valence-corrected chi connectivity index (χ4v) is 0.840. The fraction of sp³-hybridized carbons (Fsp3) is 0.273. The van der Waals surface area contributed by atoms with E-state index >= 15 is 0 Å². The molecule has 0 aliphatic heterocycles. The number of nitrogens with zero attached hydrogens (tertiary/aromatic N) is 2. The molecular weight excluding hydrogens is 160 g/mol. The lowest BCUT2D eigenvalue weighted by molar-refractivity contribution is 1.22. The van der Waals surface area contributed by atoms with Crippen molar-refractivity contribution in [2.24, 2.45) is 9.98 Å². The Balaban J connectivity index is 5.10. The maximum atomic E-state index is 4.14. The van der Waals surface area contributed by atoms with Crippen LogP contribution < -0.4 is 0 Å². The summed E-state index contributed by atoms with van der Waals surface area (Å²) in [6, 6.07) is 0. The van der Waals surface area contributed by atoms with Crippen LogP contribution >= 0.6 is 0 Å². The van der Waals surface area contributed by atoms with Crippen LogP contribution in [0.4, 0.5) is 0 Å². The topological polar surface area (TPSA) is 24.7 Å². The quantitative estimate of drug-likeness (QED) is 0.464. The van der Waals surface area contributed by atoms with Crippen LogP contribution in [0.1, 0.15) is 20.8 Å². The minimum Gasteiger partial charge on any atom is -0.241 e. The normalized spacial score (nSPS) is 11.6. The first-order valence-corrected chi connectivity index (χ1v) is 4.26. The second kappa shape index (κ2) is 7.22. The van der Waals surface area contributed by atoms with E-state index in [1.165, 1.54) is 0 Å². The summed E-state index contributed by atoms with van der Waals surface area (Å²) in [5.41, 5.74) is 0.929. The van der Waals surface area contributed by atoms with Gasteiger partial charge in [0.1, 0.15) is 0 Å². The van der Waals surface area contributed by atoms with E-state index in [-0.39, 0.29) is 0 Å². The Hall–Kier alpha value is -1.44. The van der Waals surface area contributed by atoms with Gasteiger partial charge in [-0.15, -0.1) is 0 Å². The van der Waals surface area contributed by atoms with Crippen molar-refractivity contribution in [1.29, 1.82) is 0 Å². The van der Waals surface area contributed by atoms with Crippen molar-refractivity contribution < 1.29 is 0 Å². The number of allylic oxidation sites excluding steroid dienone is 4. The van der Waals surface area contributed by atoms with Crippen molar-refractivity contribution in [3.63, 3.8) is 0 Å². The molecule has 0 aliphatic carbocycles. The van der Waals surface area contributed by atoms with E-state index in [0.717, 1.165) is 5.57 Å². The van der Waals surface area contributed by atoms with Gasteiger partial charge in [-0.05, 0) is 20.8 Å². The van der Waals surface area contributed by atoms with Crippen LogP contribution in [0.25, 0.3) is 0 Å². The van der Waals surface area contributed by atoms with Crippen LogP contribution in [0.5, 0.6) is 0 Å². The molecule has 0 amide bonds. The summed E-state index contributed by atoms with van der Waals surface area (Å²) in [4.78, 5) is 8.28. The largest absolute Gasteiger partial charge is 0.241 e. The highest BCUT2D eigenvalue weighted by atomic mass is 14.9. The third-order valence-electron chi connectivity index (χ3n) is 1.33. The average molecular weight is 176 g/mol. The molecule has 0 saturated heterocycles. The van der Waals surface area contributed by atoms with Gasteiger partial charge in [-0.25, -0.2) is 9.98 Å². The van der Waals surface area contributed by atoms with Gasteiger partial charge in [0.15, 0.2) is 5.82 Å². The summed E-state index contributed by atoms with van der Waals surface area (Å²) in [7, 11) is 0. The molecule has 0 fully saturated rings. The van der Waals surface area contributed by atoms with Gasteiger partial charge in [0, 0.05) is 18.0 Å². The standard InChI is InChI=1S/C11H16N2/c1-5-9-10(6-2)11(12-7-3)13-8-4/h5-9H,2H2,1,3-4H3/b9-5-,12-7-,13-8-. The molecule has 0 aliphatic rings. The van der Waals surface area contributed by atoms with E-state index in [1.54, 1.807) is 18.5 Å². The third-order valence-corrected chi connectivity index (χ3v) is 1.33. The van der Waals surface area contributed by atoms with Gasteiger partial charge in [0.2, 0.25) is 0 Å². The Labute approximate surface area is 80.1 Å². The zero-order valence-corrected chi connectivity index (χ0v) is 8.49. The molecule has 13 heavy (non-hydrogen) atoms. The molecule has 0 unspecified atom stereocenters. The van der Waals surface area contributed by atoms with Crippen LogP contribution in [0.3, 0.4) is 0 Å². The predicted molar refractivity (Wildman–Crippen MR) is 60.4 cm³/mol. The molecule has 0 atom stereocenters. The second-order valence-corrected chi connectivity index (χ2v) is 2.26. The molecule has 0 aromatic carbocycles. The molecule has 0 aromatic heterocycles. The van der Waals surface area contributed by atoms with Gasteiger partial charge in [-0.3, -0.25) is 0 Å². The smallest absolute Gasteiger partial charge is 0.158 e. The van der Waals surface area contributed by atoms with Gasteiger partial charge >= 0.3 is 0 Å². The van der Waals surface area contributed by atoms with Crippen molar-refractivity contribution >= 4 is 12.4 Å². The van der Waals surface area contributed by atoms with Crippen molar-refractivity contribution in [1.82, 2.24) is 0 Å². The first-order valence-electron chi connectivity index (χ1n) is 4.26. The summed E-state index contributed by atoms with van der Waals surface area (Å²) in [6.07, 6.45) is 9.05. The summed E-state index contributed by atoms with van der Waals surface area (Å²) in [5.74, 6) is 0.693. The van der Waals surface area contributed by atoms with Crippen molar-refractivity contribution in [2.75, 3.05) is 0 Å². The molecule has 0 spiro atoms. The lowest BCUT2D eigenvalue weighted by atomic mass is 10.2. The number of hydrogen-bond acceptors (Lipinski definition) is 2. The van der Waals surface area contributed by atoms with Crippen molar-refractivity contribution in [3.05, 3.63) is 36.2 Å². The minimum atomic E-state index is 0.693. The molecule has 0 heterocycles. The molecule has 2 heteroatoms. The lowest BCUT2D eigenvalue weighted by Crippen LogP contribution is -1.81. The predicted octanol–water partition coefficient (Wildman–Crippen LogP) is 3.14. The molecular formula is C11H16N2. The van der Waals surface area contributed by atoms with E-state index in [0.29, 0.717) is 5.82 Å². The van der Waals surface area contributed by atoms with Gasteiger partial charge in [0.05, 0.1) is 0 Å². The van der Waals surface area contributed by atoms with Crippen LogP contribution in [0, 0.1) is 0 Å². The molecule has 0 radical (unpaired) electrons. The van der Waals surface area contributed by atoms with Gasteiger partial charge < -0.3 is 0 Å². The lowest BCUT2D eigenvalue weighted by Gasteiger charge is -1.97. The molecule has 2 nitrogen and oxygen atoms in total. The highest BCUT2D eigenvalue weighted by molar-refractivity contribution is 5.60. The highest BCUT2D eigenvalue weighted by Crippen LogP contribution is 2.09. The average Bonchev–Trinajstić information content (AvgIpc) is 2.14. The Morgan fingerprint density at radius 3 is 1.92 bits per heavy atom. The van der Waals surface area contributed by atoms with E-state index in [4.69, 9.17) is 0 Å². The molecule has 0 rings (SSSR count). The van der Waals surface area contributed by atoms with Crippen LogP contribution in [-0.2, 0) is 0 Å². The monoisotopic (exact) mass is 176 g/mol. The third kappa shape index (κ3) is 4.21. The van der Waals surface area contributed by atoms with E-state index in [9.17, 15) is 0 Å². The first-order chi connectivity index (χ1) is 6.29. The Kier molecular flexibility index (Phi) is 6.42. The zero-order chi connectivity index (χ0) is 10.1. The Morgan fingerprint density at radius 1 is 1.08 bits per heavy atom. The van der Waals surface area contributed by atoms with E-state index < -0.39 is 0 Å². The van der Waals surface area contributed by atoms with E-state index in [1.807, 2.05) is 32.9 Å². The SMILES string of the molecule is C=CC(/C=C\C)=C(/N=C\C)/N=C\C. The van der Waals surface area contributed by atoms with Gasteiger partial charge in [0.25, 0.3) is 0 Å². The Bertz CT molecular complexity index is 254. The maximum Gasteiger partial charge on any atom is 0.158 e. The number of aliphatic imine (C=N–C) groups is 2. The van der Waals surface area contributed by atoms with Crippen molar-refractivity contribution in [2.45, 2.75) is 20.8 Å². The summed E-state index contributed by atoms with van der Waals surface area (Å²) in [6.45, 7) is 9.38. The summed E-state index contributed by atoms with van der Waals surface area (Å²) < 4.78 is 0. The zero-order valence-electron chi connectivity index (χ0n) is 8.49. The van der Waals surface area contributed by atoms with Gasteiger partial charge in [-0.2, -0.15) is 0 Å². The van der Waals surface area contributed by atoms with Crippen LogP contribution in [-0.4, -0.2) is 12.4 Å². The molecule has 70 valence electrons. The van der Waals surface area contributed by atoms with Crippen molar-refractivity contribution in [3.8, 4) is 0 Å². The number of rotatable bonds is 4.